The van der Waals surface area contributed by atoms with Gasteiger partial charge in [-0.25, -0.2) is 9.78 Å². The Balaban J connectivity index is 1.39. The van der Waals surface area contributed by atoms with Crippen LogP contribution < -0.4 is 15.5 Å². The number of fused-ring (bicyclic) bond motifs is 1. The highest BCUT2D eigenvalue weighted by molar-refractivity contribution is 7.22. The molecule has 1 heterocycles. The number of carboxylic acid groups (broad SMARTS) is 1. The van der Waals surface area contributed by atoms with E-state index in [2.05, 4.69) is 21.7 Å². The standard InChI is InChI=1S/C33H31F3N4O4S/c1-20-17-25(33(34,35)36)18-27-29(20)45-31(38-27)39-32(44)40(26-13-11-23(12-14-26)22-5-3-2-4-6-22)19-21-7-9-24(10-8-21)30(43)37-16-15-28(41)42/h5,7-14,17-18H,2-4,6,15-16,19H2,1H3,(H,37,43)(H,41,42)(H,38,39,44). The number of urea groups is 1. The van der Waals surface area contributed by atoms with E-state index in [1.165, 1.54) is 16.9 Å². The van der Waals surface area contributed by atoms with Gasteiger partial charge in [-0.3, -0.25) is 19.8 Å². The van der Waals surface area contributed by atoms with Gasteiger partial charge in [-0.15, -0.1) is 0 Å². The summed E-state index contributed by atoms with van der Waals surface area (Å²) < 4.78 is 40.6. The summed E-state index contributed by atoms with van der Waals surface area (Å²) in [6.45, 7) is 1.70. The number of carbonyl (C=O) groups is 3. The van der Waals surface area contributed by atoms with Crippen molar-refractivity contribution in [2.45, 2.75) is 51.7 Å². The maximum absolute atomic E-state index is 13.7. The molecule has 5 rings (SSSR count). The molecule has 0 fully saturated rings. The predicted octanol–water partition coefficient (Wildman–Crippen LogP) is 8.02. The minimum atomic E-state index is -4.52. The molecule has 12 heteroatoms. The molecule has 0 spiro atoms. The zero-order chi connectivity index (χ0) is 32.1. The lowest BCUT2D eigenvalue weighted by atomic mass is 9.93. The predicted molar refractivity (Wildman–Crippen MR) is 168 cm³/mol. The van der Waals surface area contributed by atoms with Crippen LogP contribution in [0.3, 0.4) is 0 Å². The molecule has 4 aromatic rings. The number of benzene rings is 3. The second-order valence-corrected chi connectivity index (χ2v) is 11.8. The van der Waals surface area contributed by atoms with Crippen molar-refractivity contribution in [2.75, 3.05) is 16.8 Å². The van der Waals surface area contributed by atoms with E-state index in [1.54, 1.807) is 31.2 Å². The number of hydrogen-bond donors (Lipinski definition) is 3. The maximum Gasteiger partial charge on any atom is 0.416 e. The van der Waals surface area contributed by atoms with Crippen LogP contribution >= 0.6 is 11.3 Å². The minimum Gasteiger partial charge on any atom is -0.481 e. The second kappa shape index (κ2) is 13.5. The van der Waals surface area contributed by atoms with Gasteiger partial charge in [0.25, 0.3) is 5.91 Å². The number of aromatic nitrogens is 1. The first kappa shape index (κ1) is 31.7. The highest BCUT2D eigenvalue weighted by atomic mass is 32.1. The Labute approximate surface area is 261 Å². The Morgan fingerprint density at radius 3 is 2.40 bits per heavy atom. The number of aliphatic carboxylic acids is 1. The highest BCUT2D eigenvalue weighted by Crippen LogP contribution is 2.36. The summed E-state index contributed by atoms with van der Waals surface area (Å²) in [5.74, 6) is -1.43. The van der Waals surface area contributed by atoms with Gasteiger partial charge in [-0.05, 0) is 91.3 Å². The van der Waals surface area contributed by atoms with Crippen LogP contribution in [0.5, 0.6) is 0 Å². The molecule has 0 radical (unpaired) electrons. The van der Waals surface area contributed by atoms with Crippen LogP contribution in [0.25, 0.3) is 15.8 Å². The molecule has 1 aliphatic carbocycles. The Bertz CT molecular complexity index is 1750. The summed E-state index contributed by atoms with van der Waals surface area (Å²) in [5.41, 5.74) is 3.76. The number of nitrogens with one attached hydrogen (secondary N) is 2. The van der Waals surface area contributed by atoms with E-state index in [9.17, 15) is 27.6 Å². The van der Waals surface area contributed by atoms with Gasteiger partial charge in [0.2, 0.25) is 0 Å². The van der Waals surface area contributed by atoms with Gasteiger partial charge in [-0.1, -0.05) is 41.7 Å². The van der Waals surface area contributed by atoms with Crippen molar-refractivity contribution in [2.24, 2.45) is 0 Å². The number of hydrogen-bond acceptors (Lipinski definition) is 5. The molecule has 0 unspecified atom stereocenters. The highest BCUT2D eigenvalue weighted by Gasteiger charge is 2.31. The van der Waals surface area contributed by atoms with E-state index in [-0.39, 0.29) is 30.2 Å². The van der Waals surface area contributed by atoms with Crippen LogP contribution in [0.15, 0.2) is 66.7 Å². The molecule has 0 saturated carbocycles. The molecular formula is C33H31F3N4O4S. The molecule has 1 aromatic heterocycles. The Morgan fingerprint density at radius 1 is 1.02 bits per heavy atom. The van der Waals surface area contributed by atoms with E-state index in [1.807, 2.05) is 24.3 Å². The first-order chi connectivity index (χ1) is 21.5. The molecule has 234 valence electrons. The summed E-state index contributed by atoms with van der Waals surface area (Å²) in [7, 11) is 0. The SMILES string of the molecule is Cc1cc(C(F)(F)F)cc2nc(NC(=O)N(Cc3ccc(C(=O)NCCC(=O)O)cc3)c3ccc(C4=CCCCC4)cc3)sc12. The number of anilines is 2. The third-order valence-electron chi connectivity index (χ3n) is 7.48. The number of nitrogens with zero attached hydrogens (tertiary/aromatic N) is 2. The van der Waals surface area contributed by atoms with E-state index in [0.29, 0.717) is 27.1 Å². The zero-order valence-corrected chi connectivity index (χ0v) is 25.2. The van der Waals surface area contributed by atoms with Crippen molar-refractivity contribution in [3.63, 3.8) is 0 Å². The Hall–Kier alpha value is -4.71. The average Bonchev–Trinajstić information content (AvgIpc) is 3.43. The lowest BCUT2D eigenvalue weighted by Gasteiger charge is -2.23. The minimum absolute atomic E-state index is 0.000422. The van der Waals surface area contributed by atoms with Crippen LogP contribution in [0.4, 0.5) is 28.8 Å². The number of carbonyl (C=O) groups excluding carboxylic acids is 2. The van der Waals surface area contributed by atoms with Crippen LogP contribution in [0, 0.1) is 6.92 Å². The van der Waals surface area contributed by atoms with E-state index in [4.69, 9.17) is 5.11 Å². The maximum atomic E-state index is 13.7. The summed E-state index contributed by atoms with van der Waals surface area (Å²) in [4.78, 5) is 42.6. The van der Waals surface area contributed by atoms with Crippen molar-refractivity contribution < 1.29 is 32.7 Å². The number of allylic oxidation sites excluding steroid dienone is 2. The number of thiazole rings is 1. The molecule has 0 atom stereocenters. The topological polar surface area (TPSA) is 112 Å². The first-order valence-electron chi connectivity index (χ1n) is 14.4. The largest absolute Gasteiger partial charge is 0.481 e. The Morgan fingerprint density at radius 2 is 1.76 bits per heavy atom. The third-order valence-corrected chi connectivity index (χ3v) is 8.61. The Kier molecular flexibility index (Phi) is 9.52. The molecule has 3 N–H and O–H groups in total. The van der Waals surface area contributed by atoms with Gasteiger partial charge in [0.15, 0.2) is 5.13 Å². The fraction of sp³-hybridized carbons (Fsp3) is 0.273. The smallest absolute Gasteiger partial charge is 0.416 e. The van der Waals surface area contributed by atoms with Gasteiger partial charge in [-0.2, -0.15) is 13.2 Å². The normalized spacial score (nSPS) is 13.3. The lowest BCUT2D eigenvalue weighted by Crippen LogP contribution is -2.34. The van der Waals surface area contributed by atoms with Crippen molar-refractivity contribution in [3.8, 4) is 0 Å². The lowest BCUT2D eigenvalue weighted by molar-refractivity contribution is -0.138. The first-order valence-corrected chi connectivity index (χ1v) is 15.2. The molecule has 45 heavy (non-hydrogen) atoms. The molecule has 3 aromatic carbocycles. The molecular weight excluding hydrogens is 605 g/mol. The summed E-state index contributed by atoms with van der Waals surface area (Å²) in [6, 6.07) is 15.8. The number of alkyl halides is 3. The molecule has 3 amide bonds. The van der Waals surface area contributed by atoms with Crippen molar-refractivity contribution in [1.82, 2.24) is 10.3 Å². The number of amides is 3. The van der Waals surface area contributed by atoms with Crippen LogP contribution in [0.2, 0.25) is 0 Å². The number of rotatable bonds is 9. The molecule has 8 nitrogen and oxygen atoms in total. The van der Waals surface area contributed by atoms with Crippen molar-refractivity contribution in [3.05, 3.63) is 94.6 Å². The molecule has 0 saturated heterocycles. The number of carboxylic acids is 1. The zero-order valence-electron chi connectivity index (χ0n) is 24.4. The van der Waals surface area contributed by atoms with Gasteiger partial charge < -0.3 is 10.4 Å². The van der Waals surface area contributed by atoms with Gasteiger partial charge in [0.05, 0.1) is 28.7 Å². The van der Waals surface area contributed by atoms with Crippen LogP contribution in [-0.2, 0) is 17.5 Å². The monoisotopic (exact) mass is 636 g/mol. The van der Waals surface area contributed by atoms with Crippen LogP contribution in [-0.4, -0.2) is 34.5 Å². The molecule has 0 aliphatic heterocycles. The molecule has 1 aliphatic rings. The second-order valence-electron chi connectivity index (χ2n) is 10.8. The van der Waals surface area contributed by atoms with Gasteiger partial charge in [0, 0.05) is 17.8 Å². The van der Waals surface area contributed by atoms with Gasteiger partial charge >= 0.3 is 18.2 Å². The fourth-order valence-corrected chi connectivity index (χ4v) is 6.05. The van der Waals surface area contributed by atoms with E-state index in [0.717, 1.165) is 48.3 Å². The van der Waals surface area contributed by atoms with Crippen LogP contribution in [0.1, 0.15) is 64.7 Å². The quantitative estimate of drug-likeness (QED) is 0.172. The average molecular weight is 637 g/mol. The number of aryl methyl sites for hydroxylation is 1. The summed E-state index contributed by atoms with van der Waals surface area (Å²) >= 11 is 1.10. The summed E-state index contributed by atoms with van der Waals surface area (Å²) in [6.07, 6.45) is 1.85. The number of halogens is 3. The third kappa shape index (κ3) is 7.88. The van der Waals surface area contributed by atoms with Crippen molar-refractivity contribution >= 4 is 55.9 Å². The molecule has 0 bridgehead atoms. The summed E-state index contributed by atoms with van der Waals surface area (Å²) in [5, 5.41) is 14.3. The fourth-order valence-electron chi connectivity index (χ4n) is 5.14. The van der Waals surface area contributed by atoms with Crippen molar-refractivity contribution in [1.29, 1.82) is 0 Å². The van der Waals surface area contributed by atoms with Gasteiger partial charge in [0.1, 0.15) is 0 Å². The van der Waals surface area contributed by atoms with E-state index < -0.39 is 29.6 Å². The van der Waals surface area contributed by atoms with E-state index >= 15 is 0 Å².